The first-order valence-electron chi connectivity index (χ1n) is 7.16. The summed E-state index contributed by atoms with van der Waals surface area (Å²) in [6, 6.07) is 0. The Bertz CT molecular complexity index is 474. The zero-order chi connectivity index (χ0) is 14.7. The second kappa shape index (κ2) is 6.37. The van der Waals surface area contributed by atoms with Gasteiger partial charge >= 0.3 is 0 Å². The highest BCUT2D eigenvalue weighted by Crippen LogP contribution is 2.15. The van der Waals surface area contributed by atoms with E-state index in [9.17, 15) is 4.79 Å². The maximum Gasteiger partial charge on any atom is 0.236 e. The molecule has 1 fully saturated rings. The largest absolute Gasteiger partial charge is 0.339 e. The van der Waals surface area contributed by atoms with E-state index in [1.54, 1.807) is 0 Å². The third kappa shape index (κ3) is 3.19. The van der Waals surface area contributed by atoms with Gasteiger partial charge in [-0.3, -0.25) is 14.4 Å². The lowest BCUT2D eigenvalue weighted by Crippen LogP contribution is -2.50. The molecule has 0 spiro atoms. The van der Waals surface area contributed by atoms with Crippen molar-refractivity contribution in [1.82, 2.24) is 24.9 Å². The molecule has 1 aromatic heterocycles. The van der Waals surface area contributed by atoms with E-state index < -0.39 is 0 Å². The van der Waals surface area contributed by atoms with Gasteiger partial charge in [0.1, 0.15) is 0 Å². The van der Waals surface area contributed by atoms with E-state index in [2.05, 4.69) is 29.2 Å². The van der Waals surface area contributed by atoms with Crippen molar-refractivity contribution in [2.75, 3.05) is 39.8 Å². The van der Waals surface area contributed by atoms with Gasteiger partial charge in [0.05, 0.1) is 12.2 Å². The monoisotopic (exact) mass is 279 g/mol. The Kier molecular flexibility index (Phi) is 4.77. The van der Waals surface area contributed by atoms with Crippen LogP contribution in [-0.2, 0) is 18.4 Å². The van der Waals surface area contributed by atoms with E-state index >= 15 is 0 Å². The molecule has 1 saturated heterocycles. The number of aryl methyl sites for hydroxylation is 2. The molecule has 0 radical (unpaired) electrons. The van der Waals surface area contributed by atoms with E-state index in [0.717, 1.165) is 38.4 Å². The number of likely N-dealkylation sites (N-methyl/N-ethyl adjacent to an activating group) is 1. The van der Waals surface area contributed by atoms with Gasteiger partial charge in [0.2, 0.25) is 5.91 Å². The van der Waals surface area contributed by atoms with Gasteiger partial charge in [-0.15, -0.1) is 0 Å². The molecular weight excluding hydrogens is 254 g/mol. The molecule has 2 rings (SSSR count). The number of rotatable bonds is 4. The van der Waals surface area contributed by atoms with Crippen LogP contribution in [-0.4, -0.2) is 65.3 Å². The number of nitrogens with zero attached hydrogens (tertiary/aromatic N) is 4. The van der Waals surface area contributed by atoms with Crippen LogP contribution in [0, 0.1) is 13.8 Å². The van der Waals surface area contributed by atoms with Crippen molar-refractivity contribution in [3.63, 3.8) is 0 Å². The molecule has 112 valence electrons. The average molecular weight is 279 g/mol. The fraction of sp³-hybridized carbons (Fsp3) is 0.714. The van der Waals surface area contributed by atoms with Crippen molar-refractivity contribution in [2.45, 2.75) is 20.4 Å². The SMILES string of the molecule is CNCC(=O)N1CCN(Cc2c(C)nn(C)c2C)CC1. The summed E-state index contributed by atoms with van der Waals surface area (Å²) in [5.41, 5.74) is 3.66. The summed E-state index contributed by atoms with van der Waals surface area (Å²) in [4.78, 5) is 16.1. The molecular formula is C14H25N5O. The Morgan fingerprint density at radius 2 is 1.90 bits per heavy atom. The van der Waals surface area contributed by atoms with Crippen molar-refractivity contribution in [2.24, 2.45) is 7.05 Å². The second-order valence-corrected chi connectivity index (χ2v) is 5.46. The quantitative estimate of drug-likeness (QED) is 0.836. The fourth-order valence-corrected chi connectivity index (χ4v) is 2.69. The van der Waals surface area contributed by atoms with Crippen LogP contribution in [0.1, 0.15) is 17.0 Å². The minimum atomic E-state index is 0.195. The molecule has 0 unspecified atom stereocenters. The van der Waals surface area contributed by atoms with Crippen molar-refractivity contribution in [3.05, 3.63) is 17.0 Å². The van der Waals surface area contributed by atoms with Gasteiger partial charge in [0.15, 0.2) is 0 Å². The minimum Gasteiger partial charge on any atom is -0.339 e. The first-order valence-corrected chi connectivity index (χ1v) is 7.16. The highest BCUT2D eigenvalue weighted by atomic mass is 16.2. The molecule has 6 nitrogen and oxygen atoms in total. The van der Waals surface area contributed by atoms with Crippen molar-refractivity contribution < 1.29 is 4.79 Å². The van der Waals surface area contributed by atoms with Gasteiger partial charge in [-0.05, 0) is 20.9 Å². The predicted octanol–water partition coefficient (Wildman–Crippen LogP) is -0.0995. The van der Waals surface area contributed by atoms with Crippen molar-refractivity contribution in [1.29, 1.82) is 0 Å². The van der Waals surface area contributed by atoms with Gasteiger partial charge in [-0.25, -0.2) is 0 Å². The van der Waals surface area contributed by atoms with E-state index in [4.69, 9.17) is 0 Å². The number of nitrogens with one attached hydrogen (secondary N) is 1. The molecule has 6 heteroatoms. The van der Waals surface area contributed by atoms with Gasteiger partial charge in [-0.1, -0.05) is 0 Å². The highest BCUT2D eigenvalue weighted by Gasteiger charge is 2.22. The number of hydrogen-bond acceptors (Lipinski definition) is 4. The summed E-state index contributed by atoms with van der Waals surface area (Å²) in [5, 5.41) is 7.38. The first-order chi connectivity index (χ1) is 9.52. The maximum absolute atomic E-state index is 11.8. The number of amides is 1. The average Bonchev–Trinajstić information content (AvgIpc) is 2.66. The second-order valence-electron chi connectivity index (χ2n) is 5.46. The Labute approximate surface area is 120 Å². The van der Waals surface area contributed by atoms with E-state index in [1.165, 1.54) is 11.3 Å². The van der Waals surface area contributed by atoms with Crippen LogP contribution < -0.4 is 5.32 Å². The summed E-state index contributed by atoms with van der Waals surface area (Å²) in [6.07, 6.45) is 0. The standard InChI is InChI=1S/C14H25N5O/c1-11-13(12(2)17(4)16-11)10-18-5-7-19(8-6-18)14(20)9-15-3/h15H,5-10H2,1-4H3. The molecule has 20 heavy (non-hydrogen) atoms. The molecule has 0 aromatic carbocycles. The smallest absolute Gasteiger partial charge is 0.236 e. The normalized spacial score (nSPS) is 16.7. The zero-order valence-corrected chi connectivity index (χ0v) is 12.9. The molecule has 0 bridgehead atoms. The van der Waals surface area contributed by atoms with Gasteiger partial charge in [0.25, 0.3) is 0 Å². The topological polar surface area (TPSA) is 53.4 Å². The van der Waals surface area contributed by atoms with E-state index in [-0.39, 0.29) is 5.91 Å². The van der Waals surface area contributed by atoms with Crippen LogP contribution in [0.15, 0.2) is 0 Å². The van der Waals surface area contributed by atoms with Gasteiger partial charge in [-0.2, -0.15) is 5.10 Å². The molecule has 0 atom stereocenters. The number of piperazine rings is 1. The van der Waals surface area contributed by atoms with Crippen LogP contribution in [0.4, 0.5) is 0 Å². The number of carbonyl (C=O) groups is 1. The lowest BCUT2D eigenvalue weighted by molar-refractivity contribution is -0.131. The Hall–Kier alpha value is -1.40. The van der Waals surface area contributed by atoms with Gasteiger partial charge in [0, 0.05) is 51.0 Å². The predicted molar refractivity (Wildman–Crippen MR) is 78.5 cm³/mol. The molecule has 0 saturated carbocycles. The molecule has 1 aliphatic rings. The number of hydrogen-bond donors (Lipinski definition) is 1. The first kappa shape index (κ1) is 15.0. The van der Waals surface area contributed by atoms with E-state index in [1.807, 2.05) is 23.7 Å². The summed E-state index contributed by atoms with van der Waals surface area (Å²) in [5.74, 6) is 0.195. The van der Waals surface area contributed by atoms with Crippen LogP contribution in [0.25, 0.3) is 0 Å². The minimum absolute atomic E-state index is 0.195. The Balaban J connectivity index is 1.90. The molecule has 1 amide bonds. The number of carbonyl (C=O) groups excluding carboxylic acids is 1. The van der Waals surface area contributed by atoms with Gasteiger partial charge < -0.3 is 10.2 Å². The molecule has 1 aliphatic heterocycles. The highest BCUT2D eigenvalue weighted by molar-refractivity contribution is 5.78. The summed E-state index contributed by atoms with van der Waals surface area (Å²) < 4.78 is 1.94. The summed E-state index contributed by atoms with van der Waals surface area (Å²) in [7, 11) is 3.79. The van der Waals surface area contributed by atoms with Crippen LogP contribution in [0.5, 0.6) is 0 Å². The lowest BCUT2D eigenvalue weighted by atomic mass is 10.1. The lowest BCUT2D eigenvalue weighted by Gasteiger charge is -2.34. The third-order valence-electron chi connectivity index (χ3n) is 4.09. The third-order valence-corrected chi connectivity index (χ3v) is 4.09. The summed E-state index contributed by atoms with van der Waals surface area (Å²) >= 11 is 0. The molecule has 2 heterocycles. The van der Waals surface area contributed by atoms with Crippen molar-refractivity contribution in [3.8, 4) is 0 Å². The van der Waals surface area contributed by atoms with Crippen molar-refractivity contribution >= 4 is 5.91 Å². The number of aromatic nitrogens is 2. The van der Waals surface area contributed by atoms with E-state index in [0.29, 0.717) is 6.54 Å². The van der Waals surface area contributed by atoms with Crippen LogP contribution >= 0.6 is 0 Å². The van der Waals surface area contributed by atoms with Crippen LogP contribution in [0.3, 0.4) is 0 Å². The van der Waals surface area contributed by atoms with Crippen LogP contribution in [0.2, 0.25) is 0 Å². The Morgan fingerprint density at radius 3 is 2.40 bits per heavy atom. The molecule has 1 N–H and O–H groups in total. The molecule has 0 aliphatic carbocycles. The maximum atomic E-state index is 11.8. The summed E-state index contributed by atoms with van der Waals surface area (Å²) in [6.45, 7) is 9.04. The molecule has 1 aromatic rings. The zero-order valence-electron chi connectivity index (χ0n) is 12.9. The fourth-order valence-electron chi connectivity index (χ4n) is 2.69. The Morgan fingerprint density at radius 1 is 1.25 bits per heavy atom.